The van der Waals surface area contributed by atoms with E-state index in [1.807, 2.05) is 0 Å². The molecule has 0 aliphatic carbocycles. The van der Waals surface area contributed by atoms with Gasteiger partial charge < -0.3 is 26.2 Å². The van der Waals surface area contributed by atoms with E-state index in [4.69, 9.17) is 15.9 Å². The van der Waals surface area contributed by atoms with Crippen molar-refractivity contribution in [2.45, 2.75) is 11.0 Å². The average molecular weight is 392 g/mol. The van der Waals surface area contributed by atoms with Crippen LogP contribution in [0.25, 0.3) is 0 Å². The third-order valence-electron chi connectivity index (χ3n) is 3.83. The Morgan fingerprint density at radius 2 is 1.78 bits per heavy atom. The Morgan fingerprint density at radius 3 is 2.33 bits per heavy atom. The average Bonchev–Trinajstić information content (AvgIpc) is 2.66. The number of nitrogens with two attached hydrogens (primary N) is 1. The maximum Gasteiger partial charge on any atom is 0.191 e. The molecule has 0 bridgehead atoms. The summed E-state index contributed by atoms with van der Waals surface area (Å²) in [5.74, 6) is 0.299. The molecule has 0 heterocycles. The van der Waals surface area contributed by atoms with Crippen LogP contribution < -0.4 is 21.1 Å². The number of nitrogens with one attached hydrogen (secondary N) is 3. The van der Waals surface area contributed by atoms with Crippen LogP contribution in [0, 0.1) is 5.41 Å². The second-order valence-electron chi connectivity index (χ2n) is 5.91. The molecule has 27 heavy (non-hydrogen) atoms. The van der Waals surface area contributed by atoms with E-state index in [-0.39, 0.29) is 29.7 Å². The molecule has 0 aliphatic rings. The molecule has 0 radical (unpaired) electrons. The van der Waals surface area contributed by atoms with E-state index in [0.717, 1.165) is 5.69 Å². The van der Waals surface area contributed by atoms with Gasteiger partial charge in [-0.2, -0.15) is 0 Å². The quantitative estimate of drug-likeness (QED) is 0.297. The molecule has 8 nitrogen and oxygen atoms in total. The molecule has 0 fully saturated rings. The smallest absolute Gasteiger partial charge is 0.191 e. The van der Waals surface area contributed by atoms with Crippen LogP contribution in [0.15, 0.2) is 53.4 Å². The first-order valence-electron chi connectivity index (χ1n) is 8.26. The molecule has 6 N–H and O–H groups in total. The zero-order valence-corrected chi connectivity index (χ0v) is 15.8. The van der Waals surface area contributed by atoms with Gasteiger partial charge >= 0.3 is 0 Å². The Bertz CT molecular complexity index is 852. The summed E-state index contributed by atoms with van der Waals surface area (Å²) in [5, 5.41) is 23.1. The highest BCUT2D eigenvalue weighted by Crippen LogP contribution is 2.16. The van der Waals surface area contributed by atoms with E-state index in [0.29, 0.717) is 11.3 Å². The topological polar surface area (TPSA) is 138 Å². The van der Waals surface area contributed by atoms with E-state index in [1.54, 1.807) is 36.4 Å². The number of anilines is 1. The Hall–Kier alpha value is -2.62. The van der Waals surface area contributed by atoms with Crippen molar-refractivity contribution in [1.29, 1.82) is 5.41 Å². The minimum atomic E-state index is -3.49. The van der Waals surface area contributed by atoms with Crippen LogP contribution in [0.2, 0.25) is 0 Å². The van der Waals surface area contributed by atoms with Gasteiger partial charge in [-0.25, -0.2) is 8.42 Å². The van der Waals surface area contributed by atoms with Gasteiger partial charge in [0, 0.05) is 24.3 Å². The van der Waals surface area contributed by atoms with Gasteiger partial charge in [-0.05, 0) is 48.5 Å². The van der Waals surface area contributed by atoms with E-state index in [2.05, 4.69) is 10.6 Å². The van der Waals surface area contributed by atoms with Gasteiger partial charge in [0.1, 0.15) is 17.5 Å². The van der Waals surface area contributed by atoms with Crippen molar-refractivity contribution in [3.63, 3.8) is 0 Å². The number of amidine groups is 1. The molecule has 0 aromatic heterocycles. The highest BCUT2D eigenvalue weighted by Gasteiger charge is 2.15. The van der Waals surface area contributed by atoms with Crippen molar-refractivity contribution in [3.05, 3.63) is 54.1 Å². The van der Waals surface area contributed by atoms with Gasteiger partial charge in [0.25, 0.3) is 0 Å². The highest BCUT2D eigenvalue weighted by atomic mass is 32.2. The summed E-state index contributed by atoms with van der Waals surface area (Å²) in [6, 6.07) is 13.1. The Kier molecular flexibility index (Phi) is 7.17. The summed E-state index contributed by atoms with van der Waals surface area (Å²) >= 11 is 0. The van der Waals surface area contributed by atoms with E-state index in [9.17, 15) is 13.5 Å². The summed E-state index contributed by atoms with van der Waals surface area (Å²) in [4.78, 5) is 0.189. The normalized spacial score (nSPS) is 12.4. The number of nitrogen functional groups attached to an aromatic ring is 1. The van der Waals surface area contributed by atoms with Crippen LogP contribution in [0.4, 0.5) is 5.69 Å². The number of benzene rings is 2. The van der Waals surface area contributed by atoms with Gasteiger partial charge in [0.05, 0.1) is 18.1 Å². The fourth-order valence-electron chi connectivity index (χ4n) is 2.30. The maximum absolute atomic E-state index is 12.3. The molecule has 2 aromatic rings. The van der Waals surface area contributed by atoms with E-state index >= 15 is 0 Å². The summed E-state index contributed by atoms with van der Waals surface area (Å²) < 4.78 is 29.5. The SMILES string of the molecule is COc1ccc(S(=O)(=O)CNCC(O)CNc2ccc(C(=N)N)cc2)cc1. The predicted molar refractivity (Wildman–Crippen MR) is 105 cm³/mol. The minimum Gasteiger partial charge on any atom is -0.497 e. The Labute approximate surface area is 158 Å². The highest BCUT2D eigenvalue weighted by molar-refractivity contribution is 7.91. The van der Waals surface area contributed by atoms with Crippen molar-refractivity contribution in [2.24, 2.45) is 5.73 Å². The largest absolute Gasteiger partial charge is 0.497 e. The second kappa shape index (κ2) is 9.36. The third-order valence-corrected chi connectivity index (χ3v) is 5.40. The molecule has 2 rings (SSSR count). The Morgan fingerprint density at radius 1 is 1.15 bits per heavy atom. The lowest BCUT2D eigenvalue weighted by Gasteiger charge is -2.14. The minimum absolute atomic E-state index is 0.0103. The van der Waals surface area contributed by atoms with Crippen molar-refractivity contribution in [1.82, 2.24) is 5.32 Å². The number of hydrogen-bond donors (Lipinski definition) is 5. The molecule has 2 aromatic carbocycles. The third kappa shape index (κ3) is 6.24. The maximum atomic E-state index is 12.3. The van der Waals surface area contributed by atoms with Gasteiger partial charge in [0.2, 0.25) is 0 Å². The van der Waals surface area contributed by atoms with E-state index in [1.165, 1.54) is 19.2 Å². The molecule has 0 saturated carbocycles. The van der Waals surface area contributed by atoms with Gasteiger partial charge in [0.15, 0.2) is 9.84 Å². The van der Waals surface area contributed by atoms with Crippen LogP contribution in [0.5, 0.6) is 5.75 Å². The molecule has 146 valence electrons. The number of aliphatic hydroxyl groups is 1. The molecular formula is C18H24N4O4S. The number of sulfone groups is 1. The molecule has 1 unspecified atom stereocenters. The van der Waals surface area contributed by atoms with Gasteiger partial charge in [-0.1, -0.05) is 0 Å². The monoisotopic (exact) mass is 392 g/mol. The summed E-state index contributed by atoms with van der Waals surface area (Å²) in [6.07, 6.45) is -0.774. The Balaban J connectivity index is 1.77. The predicted octanol–water partition coefficient (Wildman–Crippen LogP) is 0.773. The second-order valence-corrected chi connectivity index (χ2v) is 7.90. The van der Waals surface area contributed by atoms with Gasteiger partial charge in [-0.15, -0.1) is 0 Å². The van der Waals surface area contributed by atoms with Crippen LogP contribution in [-0.4, -0.2) is 51.5 Å². The first-order chi connectivity index (χ1) is 12.8. The van der Waals surface area contributed by atoms with E-state index < -0.39 is 15.9 Å². The molecule has 9 heteroatoms. The first-order valence-corrected chi connectivity index (χ1v) is 9.91. The molecular weight excluding hydrogens is 368 g/mol. The summed E-state index contributed by atoms with van der Waals surface area (Å²) in [7, 11) is -1.98. The molecule has 0 aliphatic heterocycles. The number of rotatable bonds is 10. The van der Waals surface area contributed by atoms with Crippen molar-refractivity contribution in [2.75, 3.05) is 31.4 Å². The van der Waals surface area contributed by atoms with Crippen molar-refractivity contribution in [3.8, 4) is 5.75 Å². The number of aliphatic hydroxyl groups excluding tert-OH is 1. The lowest BCUT2D eigenvalue weighted by Crippen LogP contribution is -2.35. The zero-order valence-electron chi connectivity index (χ0n) is 15.0. The number of ether oxygens (including phenoxy) is 1. The fourth-order valence-corrected chi connectivity index (χ4v) is 3.41. The van der Waals surface area contributed by atoms with Crippen LogP contribution >= 0.6 is 0 Å². The molecule has 0 saturated heterocycles. The number of methoxy groups -OCH3 is 1. The lowest BCUT2D eigenvalue weighted by molar-refractivity contribution is 0.186. The van der Waals surface area contributed by atoms with Crippen molar-refractivity contribution >= 4 is 21.4 Å². The van der Waals surface area contributed by atoms with Crippen molar-refractivity contribution < 1.29 is 18.3 Å². The molecule has 0 spiro atoms. The first kappa shape index (κ1) is 20.7. The molecule has 0 amide bonds. The summed E-state index contributed by atoms with van der Waals surface area (Å²) in [5.41, 5.74) is 6.78. The zero-order chi connectivity index (χ0) is 19.9. The van der Waals surface area contributed by atoms with Crippen LogP contribution in [0.1, 0.15) is 5.56 Å². The lowest BCUT2D eigenvalue weighted by atomic mass is 10.2. The van der Waals surface area contributed by atoms with Crippen LogP contribution in [-0.2, 0) is 9.84 Å². The summed E-state index contributed by atoms with van der Waals surface area (Å²) in [6.45, 7) is 0.364. The molecule has 1 atom stereocenters. The van der Waals surface area contributed by atoms with Gasteiger partial charge in [-0.3, -0.25) is 5.41 Å². The fraction of sp³-hybridized carbons (Fsp3) is 0.278. The standard InChI is InChI=1S/C18H24N4O4S/c1-26-16-6-8-17(9-7-16)27(24,25)12-21-10-15(23)11-22-14-4-2-13(3-5-14)18(19)20/h2-9,15,21-23H,10-12H2,1H3,(H3,19,20). The number of hydrogen-bond acceptors (Lipinski definition) is 7. The van der Waals surface area contributed by atoms with Crippen LogP contribution in [0.3, 0.4) is 0 Å².